The second kappa shape index (κ2) is 8.40. The third-order valence-corrected chi connectivity index (χ3v) is 2.41. The van der Waals surface area contributed by atoms with Crippen LogP contribution in [0.1, 0.15) is 66.2 Å². The molecule has 0 spiro atoms. The van der Waals surface area contributed by atoms with Gasteiger partial charge in [0.25, 0.3) is 0 Å². The van der Waals surface area contributed by atoms with Crippen LogP contribution in [0, 0.1) is 5.41 Å². The van der Waals surface area contributed by atoms with Crippen molar-refractivity contribution in [2.75, 3.05) is 0 Å². The Morgan fingerprint density at radius 2 is 1.17 bits per heavy atom. The van der Waals surface area contributed by atoms with Crippen LogP contribution in [0.4, 0.5) is 0 Å². The van der Waals surface area contributed by atoms with Crippen molar-refractivity contribution in [3.8, 4) is 0 Å². The summed E-state index contributed by atoms with van der Waals surface area (Å²) < 4.78 is 0. The van der Waals surface area contributed by atoms with Crippen molar-refractivity contribution in [3.05, 3.63) is 0 Å². The van der Waals surface area contributed by atoms with Gasteiger partial charge in [-0.2, -0.15) is 0 Å². The van der Waals surface area contributed by atoms with Gasteiger partial charge in [0.05, 0.1) is 0 Å². The van der Waals surface area contributed by atoms with Gasteiger partial charge in [0, 0.05) is 0 Å². The SMILES string of the molecule is CCCCC(C)(C)CCCC.[SnH2]. The van der Waals surface area contributed by atoms with Crippen molar-refractivity contribution in [3.63, 3.8) is 0 Å². The van der Waals surface area contributed by atoms with Crippen LogP contribution in [0.25, 0.3) is 0 Å². The Labute approximate surface area is 95.5 Å². The van der Waals surface area contributed by atoms with E-state index in [2.05, 4.69) is 27.7 Å². The van der Waals surface area contributed by atoms with Gasteiger partial charge in [0.2, 0.25) is 0 Å². The third kappa shape index (κ3) is 8.89. The van der Waals surface area contributed by atoms with E-state index in [1.54, 1.807) is 0 Å². The minimum absolute atomic E-state index is 0. The van der Waals surface area contributed by atoms with E-state index in [-0.39, 0.29) is 23.9 Å². The molecule has 12 heavy (non-hydrogen) atoms. The van der Waals surface area contributed by atoms with E-state index in [1.165, 1.54) is 38.5 Å². The minimum atomic E-state index is 0. The molecular weight excluding hydrogens is 251 g/mol. The van der Waals surface area contributed by atoms with Crippen molar-refractivity contribution in [2.45, 2.75) is 66.2 Å². The first-order valence-electron chi connectivity index (χ1n) is 5.12. The van der Waals surface area contributed by atoms with Crippen molar-refractivity contribution >= 4 is 23.9 Å². The number of hydrogen-bond donors (Lipinski definition) is 0. The first kappa shape index (κ1) is 15.3. The van der Waals surface area contributed by atoms with Gasteiger partial charge in [-0.25, -0.2) is 0 Å². The summed E-state index contributed by atoms with van der Waals surface area (Å²) in [7, 11) is 0. The summed E-state index contributed by atoms with van der Waals surface area (Å²) in [6.45, 7) is 9.35. The van der Waals surface area contributed by atoms with Crippen LogP contribution in [0.3, 0.4) is 0 Å². The maximum atomic E-state index is 2.40. The monoisotopic (exact) mass is 278 g/mol. The van der Waals surface area contributed by atoms with Crippen LogP contribution in [-0.4, -0.2) is 23.9 Å². The second-order valence-electron chi connectivity index (χ2n) is 4.37. The predicted octanol–water partition coefficient (Wildman–Crippen LogP) is 3.48. The normalized spacial score (nSPS) is 11.0. The molecule has 0 aromatic rings. The number of unbranched alkanes of at least 4 members (excludes halogenated alkanes) is 2. The van der Waals surface area contributed by atoms with Gasteiger partial charge in [-0.05, 0) is 18.3 Å². The van der Waals surface area contributed by atoms with Crippen LogP contribution in [-0.2, 0) is 0 Å². The summed E-state index contributed by atoms with van der Waals surface area (Å²) in [5.74, 6) is 0. The Morgan fingerprint density at radius 1 is 0.833 bits per heavy atom. The fourth-order valence-electron chi connectivity index (χ4n) is 1.44. The van der Waals surface area contributed by atoms with Crippen molar-refractivity contribution in [2.24, 2.45) is 5.41 Å². The van der Waals surface area contributed by atoms with E-state index in [0.717, 1.165) is 0 Å². The van der Waals surface area contributed by atoms with Gasteiger partial charge in [-0.3, -0.25) is 0 Å². The quantitative estimate of drug-likeness (QED) is 0.652. The molecular formula is C11H26Sn. The van der Waals surface area contributed by atoms with Crippen molar-refractivity contribution in [1.82, 2.24) is 0 Å². The first-order valence-corrected chi connectivity index (χ1v) is 5.12. The summed E-state index contributed by atoms with van der Waals surface area (Å²) in [4.78, 5) is 0. The van der Waals surface area contributed by atoms with E-state index in [0.29, 0.717) is 5.41 Å². The van der Waals surface area contributed by atoms with E-state index in [1.807, 2.05) is 0 Å². The Bertz CT molecular complexity index is 77.0. The Hall–Kier alpha value is 0.799. The Balaban J connectivity index is 0. The fraction of sp³-hybridized carbons (Fsp3) is 1.00. The third-order valence-electron chi connectivity index (χ3n) is 2.41. The zero-order valence-corrected chi connectivity index (χ0v) is 13.5. The second-order valence-corrected chi connectivity index (χ2v) is 4.37. The molecule has 0 atom stereocenters. The molecule has 0 amide bonds. The molecule has 0 heterocycles. The molecule has 0 aromatic heterocycles. The van der Waals surface area contributed by atoms with Crippen LogP contribution in [0.15, 0.2) is 0 Å². The summed E-state index contributed by atoms with van der Waals surface area (Å²) in [5.41, 5.74) is 0.603. The molecule has 0 bridgehead atoms. The van der Waals surface area contributed by atoms with E-state index < -0.39 is 0 Å². The van der Waals surface area contributed by atoms with Gasteiger partial charge in [0.15, 0.2) is 0 Å². The van der Waals surface area contributed by atoms with Gasteiger partial charge in [-0.1, -0.05) is 53.4 Å². The molecule has 0 fully saturated rings. The van der Waals surface area contributed by atoms with Gasteiger partial charge in [-0.15, -0.1) is 0 Å². The van der Waals surface area contributed by atoms with Crippen LogP contribution >= 0.6 is 0 Å². The Morgan fingerprint density at radius 3 is 1.42 bits per heavy atom. The van der Waals surface area contributed by atoms with Crippen LogP contribution < -0.4 is 0 Å². The molecule has 0 aliphatic rings. The van der Waals surface area contributed by atoms with Gasteiger partial charge >= 0.3 is 23.9 Å². The van der Waals surface area contributed by atoms with Crippen LogP contribution in [0.2, 0.25) is 0 Å². The molecule has 0 rings (SSSR count). The summed E-state index contributed by atoms with van der Waals surface area (Å²) >= 11 is 0. The zero-order valence-electron chi connectivity index (χ0n) is 9.45. The number of hydrogen-bond acceptors (Lipinski definition) is 0. The summed E-state index contributed by atoms with van der Waals surface area (Å²) in [5, 5.41) is 0. The topological polar surface area (TPSA) is 0 Å². The number of rotatable bonds is 6. The molecule has 0 unspecified atom stereocenters. The predicted molar refractivity (Wildman–Crippen MR) is 61.4 cm³/mol. The maximum absolute atomic E-state index is 2.40. The molecule has 0 aliphatic carbocycles. The fourth-order valence-corrected chi connectivity index (χ4v) is 1.44. The molecule has 0 saturated carbocycles. The van der Waals surface area contributed by atoms with Gasteiger partial charge in [0.1, 0.15) is 0 Å². The molecule has 2 radical (unpaired) electrons. The molecule has 1 heteroatoms. The standard InChI is InChI=1S/C11H24.Sn.2H/c1-5-7-9-11(3,4)10-8-6-2;;;/h5-10H2,1-4H3;;;. The van der Waals surface area contributed by atoms with E-state index in [4.69, 9.17) is 0 Å². The molecule has 0 N–H and O–H groups in total. The molecule has 0 aliphatic heterocycles. The average molecular weight is 277 g/mol. The molecule has 0 aromatic carbocycles. The first-order chi connectivity index (χ1) is 5.12. The van der Waals surface area contributed by atoms with E-state index >= 15 is 0 Å². The molecule has 74 valence electrons. The molecule has 0 saturated heterocycles. The van der Waals surface area contributed by atoms with Crippen LogP contribution in [0.5, 0.6) is 0 Å². The molecule has 0 nitrogen and oxygen atoms in total. The summed E-state index contributed by atoms with van der Waals surface area (Å²) in [6.07, 6.45) is 8.30. The Kier molecular flexibility index (Phi) is 10.7. The average Bonchev–Trinajstić information content (AvgIpc) is 1.97. The van der Waals surface area contributed by atoms with Crippen molar-refractivity contribution < 1.29 is 0 Å². The van der Waals surface area contributed by atoms with Gasteiger partial charge < -0.3 is 0 Å². The van der Waals surface area contributed by atoms with Crippen molar-refractivity contribution in [1.29, 1.82) is 0 Å². The zero-order chi connectivity index (χ0) is 8.74. The summed E-state index contributed by atoms with van der Waals surface area (Å²) in [6, 6.07) is 0. The van der Waals surface area contributed by atoms with E-state index in [9.17, 15) is 0 Å².